The summed E-state index contributed by atoms with van der Waals surface area (Å²) in [6.07, 6.45) is 3.35. The van der Waals surface area contributed by atoms with E-state index < -0.39 is 5.97 Å². The number of hydrogen-bond acceptors (Lipinski definition) is 4. The molecular formula is C20H28N4O2. The predicted octanol–water partition coefficient (Wildman–Crippen LogP) is 2.54. The second-order valence-electron chi connectivity index (χ2n) is 7.94. The van der Waals surface area contributed by atoms with Crippen LogP contribution in [0.5, 0.6) is 0 Å². The number of nitrogens with zero attached hydrogens (tertiary/aromatic N) is 3. The van der Waals surface area contributed by atoms with Crippen LogP contribution in [0.3, 0.4) is 0 Å². The molecule has 2 N–H and O–H groups in total. The molecule has 3 fully saturated rings. The Balaban J connectivity index is 1.55. The molecule has 1 atom stereocenters. The third-order valence-corrected chi connectivity index (χ3v) is 5.95. The van der Waals surface area contributed by atoms with Crippen LogP contribution in [-0.2, 0) is 6.42 Å². The summed E-state index contributed by atoms with van der Waals surface area (Å²) in [6, 6.07) is 6.22. The molecule has 3 aliphatic rings. The van der Waals surface area contributed by atoms with Crippen LogP contribution in [0.15, 0.2) is 18.2 Å². The molecule has 0 aliphatic carbocycles. The summed E-state index contributed by atoms with van der Waals surface area (Å²) < 4.78 is 1.95. The van der Waals surface area contributed by atoms with Crippen LogP contribution in [0.25, 0.3) is 10.9 Å². The molecule has 26 heavy (non-hydrogen) atoms. The van der Waals surface area contributed by atoms with Crippen LogP contribution in [0, 0.1) is 5.92 Å². The Morgan fingerprint density at radius 3 is 2.73 bits per heavy atom. The third kappa shape index (κ3) is 3.12. The van der Waals surface area contributed by atoms with Crippen molar-refractivity contribution < 1.29 is 9.90 Å². The van der Waals surface area contributed by atoms with E-state index in [-0.39, 0.29) is 6.04 Å². The first-order valence-corrected chi connectivity index (χ1v) is 9.73. The van der Waals surface area contributed by atoms with Gasteiger partial charge in [-0.2, -0.15) is 5.10 Å². The highest BCUT2D eigenvalue weighted by atomic mass is 16.4. The van der Waals surface area contributed by atoms with Gasteiger partial charge in [0.05, 0.1) is 16.8 Å². The minimum absolute atomic E-state index is 0.199. The zero-order chi connectivity index (χ0) is 18.3. The maximum atomic E-state index is 11.7. The summed E-state index contributed by atoms with van der Waals surface area (Å²) >= 11 is 0. The smallest absolute Gasteiger partial charge is 0.336 e. The fourth-order valence-corrected chi connectivity index (χ4v) is 4.59. The monoisotopic (exact) mass is 356 g/mol. The molecule has 4 heterocycles. The van der Waals surface area contributed by atoms with Gasteiger partial charge in [-0.1, -0.05) is 6.07 Å². The number of rotatable bonds is 6. The first kappa shape index (κ1) is 17.5. The Morgan fingerprint density at radius 1 is 1.35 bits per heavy atom. The maximum Gasteiger partial charge on any atom is 0.336 e. The molecule has 140 valence electrons. The van der Waals surface area contributed by atoms with Crippen LogP contribution in [0.1, 0.15) is 48.8 Å². The first-order chi connectivity index (χ1) is 12.5. The van der Waals surface area contributed by atoms with Gasteiger partial charge < -0.3 is 15.3 Å². The van der Waals surface area contributed by atoms with Crippen molar-refractivity contribution in [3.05, 3.63) is 29.5 Å². The highest BCUT2D eigenvalue weighted by molar-refractivity contribution is 6.04. The van der Waals surface area contributed by atoms with E-state index in [1.807, 2.05) is 16.8 Å². The summed E-state index contributed by atoms with van der Waals surface area (Å²) in [4.78, 5) is 14.2. The van der Waals surface area contributed by atoms with Gasteiger partial charge >= 0.3 is 5.97 Å². The number of aromatic nitrogens is 2. The van der Waals surface area contributed by atoms with Gasteiger partial charge in [0.1, 0.15) is 0 Å². The number of carboxylic acids is 1. The van der Waals surface area contributed by atoms with Crippen molar-refractivity contribution in [1.29, 1.82) is 0 Å². The van der Waals surface area contributed by atoms with Crippen molar-refractivity contribution in [2.24, 2.45) is 5.92 Å². The summed E-state index contributed by atoms with van der Waals surface area (Å²) in [5, 5.41) is 18.9. The van der Waals surface area contributed by atoms with Crippen molar-refractivity contribution in [3.8, 4) is 0 Å². The number of fused-ring (bicyclic) bond motifs is 4. The van der Waals surface area contributed by atoms with Gasteiger partial charge in [-0.05, 0) is 57.8 Å². The molecule has 0 amide bonds. The van der Waals surface area contributed by atoms with Crippen LogP contribution in [0.2, 0.25) is 0 Å². The Labute approximate surface area is 154 Å². The molecule has 2 aromatic rings. The Bertz CT molecular complexity index is 805. The molecule has 1 aromatic carbocycles. The van der Waals surface area contributed by atoms with Crippen molar-refractivity contribution >= 4 is 16.9 Å². The standard InChI is InChI=1S/C20H28N4O2/c1-13(2)24-18-5-3-4-15(20(25)26)19(18)16(22-24)6-9-21-17-12-23-10-7-14(17)8-11-23/h3-5,13-14,17,21H,6-12H2,1-2H3,(H,25,26)/t17-/m1/s1. The van der Waals surface area contributed by atoms with E-state index in [2.05, 4.69) is 24.1 Å². The van der Waals surface area contributed by atoms with E-state index in [4.69, 9.17) is 5.10 Å². The molecule has 6 nitrogen and oxygen atoms in total. The fourth-order valence-electron chi connectivity index (χ4n) is 4.59. The number of aromatic carboxylic acids is 1. The van der Waals surface area contributed by atoms with E-state index in [1.54, 1.807) is 6.07 Å². The molecule has 3 aliphatic heterocycles. The van der Waals surface area contributed by atoms with Gasteiger partial charge in [-0.25, -0.2) is 4.79 Å². The van der Waals surface area contributed by atoms with Gasteiger partial charge in [0.25, 0.3) is 0 Å². The molecule has 1 aromatic heterocycles. The van der Waals surface area contributed by atoms with E-state index in [1.165, 1.54) is 25.9 Å². The number of carbonyl (C=O) groups is 1. The van der Waals surface area contributed by atoms with Crippen LogP contribution >= 0.6 is 0 Å². The van der Waals surface area contributed by atoms with Gasteiger partial charge in [0.15, 0.2) is 0 Å². The normalized spacial score (nSPS) is 25.3. The summed E-state index contributed by atoms with van der Waals surface area (Å²) in [5.74, 6) is -0.0925. The third-order valence-electron chi connectivity index (χ3n) is 5.95. The lowest BCUT2D eigenvalue weighted by Crippen LogP contribution is -2.56. The number of benzene rings is 1. The minimum atomic E-state index is -0.884. The van der Waals surface area contributed by atoms with Crippen molar-refractivity contribution in [2.75, 3.05) is 26.2 Å². The average molecular weight is 356 g/mol. The molecule has 0 spiro atoms. The topological polar surface area (TPSA) is 70.4 Å². The Hall–Kier alpha value is -1.92. The zero-order valence-corrected chi connectivity index (χ0v) is 15.6. The average Bonchev–Trinajstić information content (AvgIpc) is 3.02. The quantitative estimate of drug-likeness (QED) is 0.832. The molecule has 5 rings (SSSR count). The molecule has 6 heteroatoms. The van der Waals surface area contributed by atoms with Crippen molar-refractivity contribution in [2.45, 2.75) is 45.2 Å². The van der Waals surface area contributed by atoms with Gasteiger partial charge in [-0.3, -0.25) is 4.68 Å². The second-order valence-corrected chi connectivity index (χ2v) is 7.94. The molecule has 2 bridgehead atoms. The summed E-state index contributed by atoms with van der Waals surface area (Å²) in [7, 11) is 0. The van der Waals surface area contributed by atoms with Crippen LogP contribution in [0.4, 0.5) is 0 Å². The molecular weight excluding hydrogens is 328 g/mol. The van der Waals surface area contributed by atoms with E-state index in [0.717, 1.165) is 42.0 Å². The molecule has 0 unspecified atom stereocenters. The fraction of sp³-hybridized carbons (Fsp3) is 0.600. The lowest BCUT2D eigenvalue weighted by molar-refractivity contribution is 0.0699. The second kappa shape index (κ2) is 7.00. The first-order valence-electron chi connectivity index (χ1n) is 9.73. The lowest BCUT2D eigenvalue weighted by Gasteiger charge is -2.45. The van der Waals surface area contributed by atoms with Crippen LogP contribution < -0.4 is 5.32 Å². The zero-order valence-electron chi connectivity index (χ0n) is 15.6. The Kier molecular flexibility index (Phi) is 4.71. The van der Waals surface area contributed by atoms with Crippen molar-refractivity contribution in [1.82, 2.24) is 20.0 Å². The number of nitrogens with one attached hydrogen (secondary N) is 1. The predicted molar refractivity (Wildman–Crippen MR) is 102 cm³/mol. The van der Waals surface area contributed by atoms with E-state index >= 15 is 0 Å². The maximum absolute atomic E-state index is 11.7. The minimum Gasteiger partial charge on any atom is -0.478 e. The molecule has 0 saturated carbocycles. The number of piperidine rings is 3. The largest absolute Gasteiger partial charge is 0.478 e. The van der Waals surface area contributed by atoms with E-state index in [9.17, 15) is 9.90 Å². The summed E-state index contributed by atoms with van der Waals surface area (Å²) in [5.41, 5.74) is 2.16. The summed E-state index contributed by atoms with van der Waals surface area (Å²) in [6.45, 7) is 8.63. The van der Waals surface area contributed by atoms with Gasteiger partial charge in [0.2, 0.25) is 0 Å². The number of carboxylic acid groups (broad SMARTS) is 1. The molecule has 0 radical (unpaired) electrons. The lowest BCUT2D eigenvalue weighted by atomic mass is 9.84. The SMILES string of the molecule is CC(C)n1nc(CCN[C@@H]2CN3CCC2CC3)c2c(C(=O)O)cccc21. The van der Waals surface area contributed by atoms with E-state index in [0.29, 0.717) is 11.6 Å². The highest BCUT2D eigenvalue weighted by Crippen LogP contribution is 2.28. The van der Waals surface area contributed by atoms with Crippen LogP contribution in [-0.4, -0.2) is 58.0 Å². The highest BCUT2D eigenvalue weighted by Gasteiger charge is 2.33. The number of hydrogen-bond donors (Lipinski definition) is 2. The Morgan fingerprint density at radius 2 is 2.12 bits per heavy atom. The van der Waals surface area contributed by atoms with Gasteiger partial charge in [-0.15, -0.1) is 0 Å². The van der Waals surface area contributed by atoms with Gasteiger partial charge in [0, 0.05) is 37.0 Å². The van der Waals surface area contributed by atoms with Crippen molar-refractivity contribution in [3.63, 3.8) is 0 Å². The molecule has 3 saturated heterocycles.